The van der Waals surface area contributed by atoms with Crippen molar-refractivity contribution in [1.82, 2.24) is 20.2 Å². The van der Waals surface area contributed by atoms with E-state index in [2.05, 4.69) is 59.3 Å². The fourth-order valence-corrected chi connectivity index (χ4v) is 6.29. The fraction of sp³-hybridized carbons (Fsp3) is 0.500. The second-order valence-electron chi connectivity index (χ2n) is 11.0. The second kappa shape index (κ2) is 11.2. The number of aryl methyl sites for hydroxylation is 1. The SMILES string of the molecule is COc1cnc(Cl)cc1-c1cc(C)ncc1C(=O)Nc1nnc(OC2CCC(O[Si](C)(C)C(C)(C)C)C2)s1. The number of carbonyl (C=O) groups is 1. The zero-order valence-electron chi connectivity index (χ0n) is 22.8. The lowest BCUT2D eigenvalue weighted by molar-refractivity contribution is 0.102. The van der Waals surface area contributed by atoms with Crippen LogP contribution in [0.15, 0.2) is 24.5 Å². The lowest BCUT2D eigenvalue weighted by Crippen LogP contribution is -2.43. The smallest absolute Gasteiger partial charge is 0.296 e. The largest absolute Gasteiger partial charge is 0.494 e. The molecule has 0 spiro atoms. The molecule has 3 heterocycles. The summed E-state index contributed by atoms with van der Waals surface area (Å²) in [5.74, 6) is 0.113. The van der Waals surface area contributed by atoms with Gasteiger partial charge in [0.2, 0.25) is 5.13 Å². The van der Waals surface area contributed by atoms with Crippen LogP contribution in [0.1, 0.15) is 56.1 Å². The first-order valence-corrected chi connectivity index (χ1v) is 16.6. The van der Waals surface area contributed by atoms with Crippen molar-refractivity contribution in [2.75, 3.05) is 12.4 Å². The van der Waals surface area contributed by atoms with Gasteiger partial charge < -0.3 is 13.9 Å². The maximum atomic E-state index is 13.3. The topological polar surface area (TPSA) is 108 Å². The maximum Gasteiger partial charge on any atom is 0.296 e. The molecule has 0 radical (unpaired) electrons. The first-order chi connectivity index (χ1) is 17.9. The van der Waals surface area contributed by atoms with Crippen molar-refractivity contribution in [3.63, 3.8) is 0 Å². The number of hydrogen-bond acceptors (Lipinski definition) is 9. The van der Waals surface area contributed by atoms with E-state index in [1.165, 1.54) is 30.8 Å². The van der Waals surface area contributed by atoms with Gasteiger partial charge in [0.1, 0.15) is 17.0 Å². The van der Waals surface area contributed by atoms with Gasteiger partial charge in [-0.25, -0.2) is 4.98 Å². The molecule has 1 aliphatic rings. The number of nitrogens with zero attached hydrogens (tertiary/aromatic N) is 4. The van der Waals surface area contributed by atoms with Crippen LogP contribution in [0, 0.1) is 6.92 Å². The zero-order valence-corrected chi connectivity index (χ0v) is 25.4. The molecule has 1 N–H and O–H groups in total. The predicted molar refractivity (Wildman–Crippen MR) is 152 cm³/mol. The molecule has 1 fully saturated rings. The monoisotopic (exact) mass is 575 g/mol. The molecule has 9 nitrogen and oxygen atoms in total. The Hall–Kier alpha value is -2.60. The van der Waals surface area contributed by atoms with Gasteiger partial charge in [-0.3, -0.25) is 15.1 Å². The fourth-order valence-electron chi connectivity index (χ4n) is 4.08. The molecule has 2 unspecified atom stereocenters. The molecular weight excluding hydrogens is 542 g/mol. The van der Waals surface area contributed by atoms with Crippen LogP contribution in [0.2, 0.25) is 23.3 Å². The van der Waals surface area contributed by atoms with E-state index in [9.17, 15) is 4.79 Å². The summed E-state index contributed by atoms with van der Waals surface area (Å²) in [5, 5.41) is 12.3. The summed E-state index contributed by atoms with van der Waals surface area (Å²) in [4.78, 5) is 21.6. The molecule has 3 aromatic rings. The van der Waals surface area contributed by atoms with Crippen molar-refractivity contribution < 1.29 is 18.7 Å². The predicted octanol–water partition coefficient (Wildman–Crippen LogP) is 6.54. The van der Waals surface area contributed by atoms with Gasteiger partial charge in [-0.1, -0.05) is 37.5 Å². The molecule has 3 aromatic heterocycles. The van der Waals surface area contributed by atoms with Crippen molar-refractivity contribution in [3.05, 3.63) is 40.9 Å². The number of rotatable bonds is 8. The number of pyridine rings is 2. The summed E-state index contributed by atoms with van der Waals surface area (Å²) in [7, 11) is -0.294. The number of methoxy groups -OCH3 is 1. The number of aromatic nitrogens is 4. The molecule has 0 aliphatic heterocycles. The van der Waals surface area contributed by atoms with Crippen LogP contribution < -0.4 is 14.8 Å². The number of hydrogen-bond donors (Lipinski definition) is 1. The normalized spacial score (nSPS) is 17.9. The van der Waals surface area contributed by atoms with E-state index in [0.29, 0.717) is 32.8 Å². The molecule has 0 aromatic carbocycles. The summed E-state index contributed by atoms with van der Waals surface area (Å²) in [6.45, 7) is 13.1. The number of nitrogens with one attached hydrogen (secondary N) is 1. The lowest BCUT2D eigenvalue weighted by Gasteiger charge is -2.38. The Kier molecular flexibility index (Phi) is 8.41. The Labute approximate surface area is 233 Å². The van der Waals surface area contributed by atoms with Crippen molar-refractivity contribution in [3.8, 4) is 22.1 Å². The summed E-state index contributed by atoms with van der Waals surface area (Å²) in [6, 6.07) is 3.46. The minimum Gasteiger partial charge on any atom is -0.494 e. The van der Waals surface area contributed by atoms with Crippen LogP contribution in [0.25, 0.3) is 11.1 Å². The maximum absolute atomic E-state index is 13.3. The van der Waals surface area contributed by atoms with Crippen LogP contribution in [-0.2, 0) is 4.43 Å². The van der Waals surface area contributed by atoms with Gasteiger partial charge in [-0.15, -0.1) is 5.10 Å². The molecule has 204 valence electrons. The highest BCUT2D eigenvalue weighted by Gasteiger charge is 2.41. The summed E-state index contributed by atoms with van der Waals surface area (Å²) in [6.07, 6.45) is 5.93. The van der Waals surface area contributed by atoms with Gasteiger partial charge in [0.05, 0.1) is 18.9 Å². The third kappa shape index (κ3) is 6.51. The zero-order chi connectivity index (χ0) is 27.7. The van der Waals surface area contributed by atoms with Gasteiger partial charge in [0.25, 0.3) is 11.1 Å². The Balaban J connectivity index is 1.43. The summed E-state index contributed by atoms with van der Waals surface area (Å²) < 4.78 is 18.1. The quantitative estimate of drug-likeness (QED) is 0.238. The highest BCUT2D eigenvalue weighted by molar-refractivity contribution is 7.17. The minimum absolute atomic E-state index is 0.0121. The van der Waals surface area contributed by atoms with Gasteiger partial charge in [0.15, 0.2) is 8.32 Å². The molecule has 2 atom stereocenters. The molecule has 1 aliphatic carbocycles. The van der Waals surface area contributed by atoms with Crippen LogP contribution in [-0.4, -0.2) is 53.7 Å². The van der Waals surface area contributed by atoms with E-state index in [1.54, 1.807) is 12.1 Å². The van der Waals surface area contributed by atoms with E-state index in [4.69, 9.17) is 25.5 Å². The molecule has 4 rings (SSSR count). The van der Waals surface area contributed by atoms with Crippen molar-refractivity contribution in [2.24, 2.45) is 0 Å². The third-order valence-corrected chi connectivity index (χ3v) is 12.6. The Morgan fingerprint density at radius 2 is 1.84 bits per heavy atom. The molecule has 0 saturated heterocycles. The Bertz CT molecular complexity index is 1310. The molecule has 1 amide bonds. The Morgan fingerprint density at radius 1 is 1.11 bits per heavy atom. The molecule has 1 saturated carbocycles. The number of halogens is 1. The van der Waals surface area contributed by atoms with Crippen molar-refractivity contribution in [1.29, 1.82) is 0 Å². The number of carbonyl (C=O) groups excluding carboxylic acids is 1. The number of ether oxygens (including phenoxy) is 2. The highest BCUT2D eigenvalue weighted by atomic mass is 35.5. The standard InChI is InChI=1S/C26H34ClN5O4SSi/c1-15-10-18(19-12-22(27)29-14-21(19)34-5)20(13-28-15)23(33)30-24-31-32-25(37-24)35-16-8-9-17(11-16)36-38(6,7)26(2,3)4/h10,12-14,16-17H,8-9,11H2,1-7H3,(H,30,31,33). The van der Waals surface area contributed by atoms with Gasteiger partial charge in [-0.2, -0.15) is 0 Å². The molecular formula is C26H34ClN5O4SSi. The van der Waals surface area contributed by atoms with E-state index in [1.807, 2.05) is 6.92 Å². The van der Waals surface area contributed by atoms with Crippen molar-refractivity contribution in [2.45, 2.75) is 77.3 Å². The van der Waals surface area contributed by atoms with Crippen LogP contribution in [0.4, 0.5) is 5.13 Å². The van der Waals surface area contributed by atoms with Gasteiger partial charge >= 0.3 is 0 Å². The van der Waals surface area contributed by atoms with Crippen LogP contribution >= 0.6 is 22.9 Å². The second-order valence-corrected chi connectivity index (χ2v) is 17.0. The first kappa shape index (κ1) is 28.4. The summed E-state index contributed by atoms with van der Waals surface area (Å²) in [5.41, 5.74) is 2.34. The van der Waals surface area contributed by atoms with E-state index >= 15 is 0 Å². The number of anilines is 1. The van der Waals surface area contributed by atoms with E-state index < -0.39 is 8.32 Å². The first-order valence-electron chi connectivity index (χ1n) is 12.5. The minimum atomic E-state index is -1.83. The molecule has 38 heavy (non-hydrogen) atoms. The molecule has 0 bridgehead atoms. The van der Waals surface area contributed by atoms with Crippen molar-refractivity contribution >= 4 is 42.3 Å². The highest BCUT2D eigenvalue weighted by Crippen LogP contribution is 2.40. The van der Waals surface area contributed by atoms with Crippen LogP contribution in [0.5, 0.6) is 10.9 Å². The molecule has 12 heteroatoms. The number of amides is 1. The lowest BCUT2D eigenvalue weighted by atomic mass is 10.0. The van der Waals surface area contributed by atoms with E-state index in [0.717, 1.165) is 25.0 Å². The van der Waals surface area contributed by atoms with Crippen LogP contribution in [0.3, 0.4) is 0 Å². The average molecular weight is 576 g/mol. The van der Waals surface area contributed by atoms with E-state index in [-0.39, 0.29) is 28.3 Å². The van der Waals surface area contributed by atoms with Gasteiger partial charge in [-0.05, 0) is 61.4 Å². The van der Waals surface area contributed by atoms with Gasteiger partial charge in [0, 0.05) is 35.5 Å². The summed E-state index contributed by atoms with van der Waals surface area (Å²) >= 11 is 7.33. The average Bonchev–Trinajstić information content (AvgIpc) is 3.47. The third-order valence-electron chi connectivity index (χ3n) is 7.13. The Morgan fingerprint density at radius 3 is 2.55 bits per heavy atom.